The Bertz CT molecular complexity index is 629. The largest absolute Gasteiger partial charge is 0.454 e. The fourth-order valence-corrected chi connectivity index (χ4v) is 2.31. The molecular weight excluding hydrogens is 332 g/mol. The average Bonchev–Trinajstić information content (AvgIpc) is 3.34. The first-order valence-electron chi connectivity index (χ1n) is 7.90. The van der Waals surface area contributed by atoms with E-state index in [9.17, 15) is 14.4 Å². The fourth-order valence-electron chi connectivity index (χ4n) is 2.09. The minimum atomic E-state index is -0.859. The zero-order chi connectivity index (χ0) is 17.7. The molecule has 0 bridgehead atoms. The lowest BCUT2D eigenvalue weighted by molar-refractivity contribution is -0.151. The molecule has 1 aliphatic rings. The van der Waals surface area contributed by atoms with Crippen LogP contribution in [0.2, 0.25) is 5.02 Å². The van der Waals surface area contributed by atoms with E-state index < -0.39 is 17.9 Å². The van der Waals surface area contributed by atoms with Crippen molar-refractivity contribution in [3.05, 3.63) is 34.9 Å². The van der Waals surface area contributed by atoms with Gasteiger partial charge in [0.2, 0.25) is 0 Å². The topological polar surface area (TPSA) is 84.5 Å². The highest BCUT2D eigenvalue weighted by Gasteiger charge is 2.28. The molecule has 0 aliphatic heterocycles. The Hall–Kier alpha value is -2.08. The predicted molar refractivity (Wildman–Crippen MR) is 89.7 cm³/mol. The Morgan fingerprint density at radius 1 is 1.25 bits per heavy atom. The maximum atomic E-state index is 12.3. The first kappa shape index (κ1) is 18.3. The van der Waals surface area contributed by atoms with Gasteiger partial charge in [-0.05, 0) is 30.9 Å². The highest BCUT2D eigenvalue weighted by molar-refractivity contribution is 6.33. The van der Waals surface area contributed by atoms with Gasteiger partial charge in [-0.25, -0.2) is 4.79 Å². The molecule has 6 nitrogen and oxygen atoms in total. The van der Waals surface area contributed by atoms with Crippen LogP contribution in [0.4, 0.5) is 0 Å². The van der Waals surface area contributed by atoms with E-state index in [1.807, 2.05) is 0 Å². The molecule has 1 aromatic rings. The summed E-state index contributed by atoms with van der Waals surface area (Å²) < 4.78 is 5.02. The quantitative estimate of drug-likeness (QED) is 0.734. The molecule has 0 spiro atoms. The maximum Gasteiger partial charge on any atom is 0.329 e. The van der Waals surface area contributed by atoms with Gasteiger partial charge >= 0.3 is 5.97 Å². The molecule has 2 N–H and O–H groups in total. The van der Waals surface area contributed by atoms with Gasteiger partial charge in [0.05, 0.1) is 10.6 Å². The zero-order valence-corrected chi connectivity index (χ0v) is 14.4. The Labute approximate surface area is 145 Å². The summed E-state index contributed by atoms with van der Waals surface area (Å²) in [4.78, 5) is 36.1. The molecule has 1 aromatic carbocycles. The molecule has 0 aromatic heterocycles. The first-order valence-corrected chi connectivity index (χ1v) is 8.27. The fraction of sp³-hybridized carbons (Fsp3) is 0.471. The third-order valence-electron chi connectivity index (χ3n) is 3.61. The van der Waals surface area contributed by atoms with Gasteiger partial charge in [-0.15, -0.1) is 0 Å². The monoisotopic (exact) mass is 352 g/mol. The standard InChI is InChI=1S/C17H21ClN2O4/c1-10(2)15(17(23)24-9-14(21)19-11-7-8-11)20-16(22)12-5-3-4-6-13(12)18/h3-6,10-11,15H,7-9H2,1-2H3,(H,19,21)(H,20,22)/t15-/m0/s1. The summed E-state index contributed by atoms with van der Waals surface area (Å²) in [6, 6.07) is 5.92. The third kappa shape index (κ3) is 5.23. The van der Waals surface area contributed by atoms with Crippen molar-refractivity contribution in [2.24, 2.45) is 5.92 Å². The van der Waals surface area contributed by atoms with Gasteiger partial charge < -0.3 is 15.4 Å². The molecule has 0 heterocycles. The summed E-state index contributed by atoms with van der Waals surface area (Å²) in [7, 11) is 0. The molecule has 0 radical (unpaired) electrons. The molecule has 2 amide bonds. The smallest absolute Gasteiger partial charge is 0.329 e. The summed E-state index contributed by atoms with van der Waals surface area (Å²) in [5, 5.41) is 5.65. The Morgan fingerprint density at radius 2 is 1.92 bits per heavy atom. The highest BCUT2D eigenvalue weighted by atomic mass is 35.5. The molecule has 7 heteroatoms. The maximum absolute atomic E-state index is 12.3. The SMILES string of the molecule is CC(C)[C@H](NC(=O)c1ccccc1Cl)C(=O)OCC(=O)NC1CC1. The van der Waals surface area contributed by atoms with Gasteiger partial charge in [-0.3, -0.25) is 9.59 Å². The normalized spacial score (nSPS) is 14.8. The number of esters is 1. The van der Waals surface area contributed by atoms with Gasteiger partial charge in [0, 0.05) is 6.04 Å². The van der Waals surface area contributed by atoms with Crippen LogP contribution in [-0.4, -0.2) is 36.5 Å². The lowest BCUT2D eigenvalue weighted by atomic mass is 10.0. The van der Waals surface area contributed by atoms with Gasteiger partial charge in [0.25, 0.3) is 11.8 Å². The van der Waals surface area contributed by atoms with Crippen LogP contribution >= 0.6 is 11.6 Å². The minimum absolute atomic E-state index is 0.199. The van der Waals surface area contributed by atoms with Crippen molar-refractivity contribution in [3.8, 4) is 0 Å². The molecule has 0 unspecified atom stereocenters. The number of halogens is 1. The van der Waals surface area contributed by atoms with E-state index >= 15 is 0 Å². The van der Waals surface area contributed by atoms with Gasteiger partial charge in [-0.1, -0.05) is 37.6 Å². The van der Waals surface area contributed by atoms with Crippen LogP contribution in [0, 0.1) is 5.92 Å². The van der Waals surface area contributed by atoms with Crippen LogP contribution in [0.25, 0.3) is 0 Å². The average molecular weight is 353 g/mol. The van der Waals surface area contributed by atoms with Crippen molar-refractivity contribution in [2.75, 3.05) is 6.61 Å². The van der Waals surface area contributed by atoms with Crippen LogP contribution in [0.5, 0.6) is 0 Å². The summed E-state index contributed by atoms with van der Waals surface area (Å²) >= 11 is 5.99. The zero-order valence-electron chi connectivity index (χ0n) is 13.7. The highest BCUT2D eigenvalue weighted by Crippen LogP contribution is 2.18. The van der Waals surface area contributed by atoms with Crippen LogP contribution in [0.1, 0.15) is 37.0 Å². The summed E-state index contributed by atoms with van der Waals surface area (Å²) in [6.45, 7) is 3.21. The molecule has 0 saturated heterocycles. The summed E-state index contributed by atoms with van der Waals surface area (Å²) in [5.74, 6) is -1.63. The van der Waals surface area contributed by atoms with Crippen molar-refractivity contribution >= 4 is 29.4 Å². The Balaban J connectivity index is 1.92. The number of hydrogen-bond acceptors (Lipinski definition) is 4. The Kier molecular flexibility index (Phi) is 6.20. The third-order valence-corrected chi connectivity index (χ3v) is 3.94. The van der Waals surface area contributed by atoms with Crippen LogP contribution in [-0.2, 0) is 14.3 Å². The lowest BCUT2D eigenvalue weighted by Crippen LogP contribution is -2.46. The summed E-state index contributed by atoms with van der Waals surface area (Å²) in [5.41, 5.74) is 0.282. The molecule has 2 rings (SSSR count). The second-order valence-electron chi connectivity index (χ2n) is 6.12. The molecule has 130 valence electrons. The van der Waals surface area contributed by atoms with Crippen molar-refractivity contribution in [2.45, 2.75) is 38.8 Å². The van der Waals surface area contributed by atoms with Crippen molar-refractivity contribution in [3.63, 3.8) is 0 Å². The molecule has 1 aliphatic carbocycles. The van der Waals surface area contributed by atoms with Crippen LogP contribution < -0.4 is 10.6 Å². The van der Waals surface area contributed by atoms with Gasteiger partial charge in [0.1, 0.15) is 6.04 Å². The number of hydrogen-bond donors (Lipinski definition) is 2. The molecular formula is C17H21ClN2O4. The lowest BCUT2D eigenvalue weighted by Gasteiger charge is -2.21. The number of amides is 2. The molecule has 24 heavy (non-hydrogen) atoms. The van der Waals surface area contributed by atoms with E-state index in [1.54, 1.807) is 38.1 Å². The molecule has 1 saturated carbocycles. The van der Waals surface area contributed by atoms with E-state index in [0.29, 0.717) is 5.02 Å². The second kappa shape index (κ2) is 8.15. The van der Waals surface area contributed by atoms with E-state index in [1.165, 1.54) is 0 Å². The molecule has 1 atom stereocenters. The van der Waals surface area contributed by atoms with E-state index in [4.69, 9.17) is 16.3 Å². The van der Waals surface area contributed by atoms with Crippen molar-refractivity contribution < 1.29 is 19.1 Å². The number of carbonyl (C=O) groups excluding carboxylic acids is 3. The number of ether oxygens (including phenoxy) is 1. The number of carbonyl (C=O) groups is 3. The van der Waals surface area contributed by atoms with Crippen molar-refractivity contribution in [1.82, 2.24) is 10.6 Å². The van der Waals surface area contributed by atoms with Crippen LogP contribution in [0.15, 0.2) is 24.3 Å². The number of rotatable bonds is 7. The van der Waals surface area contributed by atoms with E-state index in [2.05, 4.69) is 10.6 Å². The molecule has 1 fully saturated rings. The van der Waals surface area contributed by atoms with E-state index in [-0.39, 0.29) is 30.0 Å². The van der Waals surface area contributed by atoms with Crippen LogP contribution in [0.3, 0.4) is 0 Å². The number of nitrogens with one attached hydrogen (secondary N) is 2. The minimum Gasteiger partial charge on any atom is -0.454 e. The first-order chi connectivity index (χ1) is 11.4. The Morgan fingerprint density at radius 3 is 2.50 bits per heavy atom. The van der Waals surface area contributed by atoms with Gasteiger partial charge in [-0.2, -0.15) is 0 Å². The van der Waals surface area contributed by atoms with Crippen molar-refractivity contribution in [1.29, 1.82) is 0 Å². The van der Waals surface area contributed by atoms with E-state index in [0.717, 1.165) is 12.8 Å². The predicted octanol–water partition coefficient (Wildman–Crippen LogP) is 1.92. The number of benzene rings is 1. The second-order valence-corrected chi connectivity index (χ2v) is 6.53. The van der Waals surface area contributed by atoms with Gasteiger partial charge in [0.15, 0.2) is 6.61 Å². The summed E-state index contributed by atoms with van der Waals surface area (Å²) in [6.07, 6.45) is 1.92.